The molecule has 0 unspecified atom stereocenters. The van der Waals surface area contributed by atoms with E-state index >= 15 is 0 Å². The van der Waals surface area contributed by atoms with Gasteiger partial charge in [-0.05, 0) is 30.5 Å². The first kappa shape index (κ1) is 22.7. The first-order valence-corrected chi connectivity index (χ1v) is 10.1. The lowest BCUT2D eigenvalue weighted by atomic mass is 9.95. The minimum atomic E-state index is -0.891. The van der Waals surface area contributed by atoms with Gasteiger partial charge in [0.15, 0.2) is 0 Å². The fraction of sp³-hybridized carbons (Fsp3) is 0.261. The van der Waals surface area contributed by atoms with Crippen LogP contribution < -0.4 is 0 Å². The molecule has 0 bridgehead atoms. The van der Waals surface area contributed by atoms with E-state index in [-0.39, 0.29) is 29.8 Å². The molecule has 32 heavy (non-hydrogen) atoms. The van der Waals surface area contributed by atoms with Gasteiger partial charge in [-0.15, -0.1) is 0 Å². The van der Waals surface area contributed by atoms with E-state index in [1.165, 1.54) is 29.2 Å². The number of hydrogen-bond donors (Lipinski definition) is 2. The van der Waals surface area contributed by atoms with Crippen molar-refractivity contribution in [3.63, 3.8) is 0 Å². The summed E-state index contributed by atoms with van der Waals surface area (Å²) in [7, 11) is 0. The molecule has 0 aliphatic carbocycles. The SMILES string of the molecule is O=C(O)CCCCCN1C(=O)C(=O)C(=C(O)c2ccc([N+](=O)[O-])cc2)[C@@H]1c1ccccc1. The molecule has 1 fully saturated rings. The number of rotatable bonds is 9. The zero-order chi connectivity index (χ0) is 23.3. The van der Waals surface area contributed by atoms with Crippen molar-refractivity contribution < 1.29 is 29.5 Å². The molecule has 1 aliphatic rings. The lowest BCUT2D eigenvalue weighted by molar-refractivity contribution is -0.384. The fourth-order valence-corrected chi connectivity index (χ4v) is 3.72. The van der Waals surface area contributed by atoms with Crippen molar-refractivity contribution in [1.29, 1.82) is 0 Å². The number of nitro groups is 1. The number of aliphatic hydroxyl groups is 1. The number of nitro benzene ring substituents is 1. The van der Waals surface area contributed by atoms with Crippen molar-refractivity contribution >= 4 is 29.1 Å². The van der Waals surface area contributed by atoms with Crippen molar-refractivity contribution in [2.24, 2.45) is 0 Å². The third kappa shape index (κ3) is 4.83. The maximum atomic E-state index is 12.9. The number of aliphatic hydroxyl groups excluding tert-OH is 1. The summed E-state index contributed by atoms with van der Waals surface area (Å²) >= 11 is 0. The Balaban J connectivity index is 1.95. The van der Waals surface area contributed by atoms with Gasteiger partial charge in [-0.3, -0.25) is 24.5 Å². The number of unbranched alkanes of at least 4 members (excludes halogenated alkanes) is 2. The monoisotopic (exact) mass is 438 g/mol. The number of carbonyl (C=O) groups excluding carboxylic acids is 2. The van der Waals surface area contributed by atoms with Crippen molar-refractivity contribution in [3.05, 3.63) is 81.4 Å². The van der Waals surface area contributed by atoms with Gasteiger partial charge in [0.25, 0.3) is 17.4 Å². The third-order valence-electron chi connectivity index (χ3n) is 5.30. The number of carbonyl (C=O) groups is 3. The second kappa shape index (κ2) is 9.86. The summed E-state index contributed by atoms with van der Waals surface area (Å²) in [6.45, 7) is 0.223. The molecule has 166 valence electrons. The molecule has 1 saturated heterocycles. The van der Waals surface area contributed by atoms with E-state index in [1.54, 1.807) is 30.3 Å². The fourth-order valence-electron chi connectivity index (χ4n) is 3.72. The Morgan fingerprint density at radius 3 is 2.22 bits per heavy atom. The molecular formula is C23H22N2O7. The van der Waals surface area contributed by atoms with Gasteiger partial charge in [0, 0.05) is 30.7 Å². The number of Topliss-reactive ketones (excluding diaryl/α,β-unsaturated/α-hetero) is 1. The highest BCUT2D eigenvalue weighted by Crippen LogP contribution is 2.39. The summed E-state index contributed by atoms with van der Waals surface area (Å²) < 4.78 is 0. The highest BCUT2D eigenvalue weighted by Gasteiger charge is 2.45. The second-order valence-corrected chi connectivity index (χ2v) is 7.41. The molecule has 0 radical (unpaired) electrons. The number of hydrogen-bond acceptors (Lipinski definition) is 6. The van der Waals surface area contributed by atoms with Crippen molar-refractivity contribution in [2.45, 2.75) is 31.7 Å². The first-order chi connectivity index (χ1) is 15.3. The number of carboxylic acid groups (broad SMARTS) is 1. The molecule has 0 saturated carbocycles. The highest BCUT2D eigenvalue weighted by atomic mass is 16.6. The molecule has 1 atom stereocenters. The standard InChI is InChI=1S/C23H22N2O7/c26-18(27)9-5-2-6-14-24-20(15-7-3-1-4-8-15)19(22(29)23(24)30)21(28)16-10-12-17(13-11-16)25(31)32/h1,3-4,7-8,10-13,20,28H,2,5-6,9,14H2,(H,26,27)/t20-/m0/s1. The summed E-state index contributed by atoms with van der Waals surface area (Å²) in [6.07, 6.45) is 1.56. The summed E-state index contributed by atoms with van der Waals surface area (Å²) in [6, 6.07) is 13.1. The van der Waals surface area contributed by atoms with Gasteiger partial charge in [0.2, 0.25) is 0 Å². The number of non-ortho nitro benzene ring substituents is 1. The summed E-state index contributed by atoms with van der Waals surface area (Å²) in [5.41, 5.74) is 0.584. The molecule has 9 nitrogen and oxygen atoms in total. The van der Waals surface area contributed by atoms with Crippen LogP contribution in [0, 0.1) is 10.1 Å². The van der Waals surface area contributed by atoms with E-state index in [0.717, 1.165) is 0 Å². The molecule has 2 aromatic carbocycles. The minimum Gasteiger partial charge on any atom is -0.507 e. The third-order valence-corrected chi connectivity index (χ3v) is 5.30. The van der Waals surface area contributed by atoms with Crippen LogP contribution in [0.15, 0.2) is 60.2 Å². The van der Waals surface area contributed by atoms with Crippen LogP contribution in [0.5, 0.6) is 0 Å². The van der Waals surface area contributed by atoms with Crippen LogP contribution in [0.3, 0.4) is 0 Å². The average Bonchev–Trinajstić information content (AvgIpc) is 3.03. The molecule has 1 heterocycles. The summed E-state index contributed by atoms with van der Waals surface area (Å²) in [4.78, 5) is 48.1. The Bertz CT molecular complexity index is 1060. The second-order valence-electron chi connectivity index (χ2n) is 7.41. The predicted octanol–water partition coefficient (Wildman–Crippen LogP) is 3.66. The Hall–Kier alpha value is -4.01. The van der Waals surface area contributed by atoms with E-state index in [0.29, 0.717) is 24.8 Å². The van der Waals surface area contributed by atoms with Crippen molar-refractivity contribution in [1.82, 2.24) is 4.90 Å². The van der Waals surface area contributed by atoms with E-state index in [1.807, 2.05) is 0 Å². The molecular weight excluding hydrogens is 416 g/mol. The van der Waals surface area contributed by atoms with Gasteiger partial charge in [0.1, 0.15) is 5.76 Å². The number of aliphatic carboxylic acids is 1. The normalized spacial score (nSPS) is 17.5. The lowest BCUT2D eigenvalue weighted by Crippen LogP contribution is -2.30. The Labute approximate surface area is 183 Å². The van der Waals surface area contributed by atoms with Crippen LogP contribution in [-0.2, 0) is 14.4 Å². The highest BCUT2D eigenvalue weighted by molar-refractivity contribution is 6.46. The van der Waals surface area contributed by atoms with Crippen LogP contribution in [0.4, 0.5) is 5.69 Å². The van der Waals surface area contributed by atoms with Gasteiger partial charge in [0.05, 0.1) is 16.5 Å². The Morgan fingerprint density at radius 2 is 1.62 bits per heavy atom. The number of carboxylic acids is 1. The number of likely N-dealkylation sites (tertiary alicyclic amines) is 1. The number of nitrogens with zero attached hydrogens (tertiary/aromatic N) is 2. The quantitative estimate of drug-likeness (QED) is 0.152. The van der Waals surface area contributed by atoms with Gasteiger partial charge < -0.3 is 15.1 Å². The topological polar surface area (TPSA) is 138 Å². The number of ketones is 1. The van der Waals surface area contributed by atoms with E-state index < -0.39 is 34.4 Å². The maximum Gasteiger partial charge on any atom is 0.303 e. The van der Waals surface area contributed by atoms with Crippen molar-refractivity contribution in [3.8, 4) is 0 Å². The largest absolute Gasteiger partial charge is 0.507 e. The van der Waals surface area contributed by atoms with Crippen molar-refractivity contribution in [2.75, 3.05) is 6.54 Å². The van der Waals surface area contributed by atoms with Crippen LogP contribution in [0.1, 0.15) is 42.9 Å². The van der Waals surface area contributed by atoms with Crippen LogP contribution in [0.25, 0.3) is 5.76 Å². The minimum absolute atomic E-state index is 0.0288. The molecule has 0 aromatic heterocycles. The Morgan fingerprint density at radius 1 is 0.969 bits per heavy atom. The average molecular weight is 438 g/mol. The molecule has 1 amide bonds. The summed E-state index contributed by atoms with van der Waals surface area (Å²) in [5, 5.41) is 30.6. The van der Waals surface area contributed by atoms with E-state index in [2.05, 4.69) is 0 Å². The van der Waals surface area contributed by atoms with Gasteiger partial charge >= 0.3 is 5.97 Å². The lowest BCUT2D eigenvalue weighted by Gasteiger charge is -2.25. The first-order valence-electron chi connectivity index (χ1n) is 10.1. The van der Waals surface area contributed by atoms with E-state index in [9.17, 15) is 29.6 Å². The zero-order valence-corrected chi connectivity index (χ0v) is 17.1. The van der Waals surface area contributed by atoms with Crippen LogP contribution >= 0.6 is 0 Å². The van der Waals surface area contributed by atoms with Gasteiger partial charge in [-0.2, -0.15) is 0 Å². The molecule has 2 aromatic rings. The molecule has 3 rings (SSSR count). The summed E-state index contributed by atoms with van der Waals surface area (Å²) in [5.74, 6) is -2.88. The number of amides is 1. The Kier molecular flexibility index (Phi) is 6.99. The van der Waals surface area contributed by atoms with Gasteiger partial charge in [-0.25, -0.2) is 0 Å². The molecule has 9 heteroatoms. The maximum absolute atomic E-state index is 12.9. The van der Waals surface area contributed by atoms with E-state index in [4.69, 9.17) is 5.11 Å². The molecule has 1 aliphatic heterocycles. The molecule has 0 spiro atoms. The van der Waals surface area contributed by atoms with Crippen LogP contribution in [-0.4, -0.2) is 44.2 Å². The zero-order valence-electron chi connectivity index (χ0n) is 17.1. The molecule has 2 N–H and O–H groups in total. The number of benzene rings is 2. The van der Waals surface area contributed by atoms with Gasteiger partial charge in [-0.1, -0.05) is 36.8 Å². The smallest absolute Gasteiger partial charge is 0.303 e. The van der Waals surface area contributed by atoms with Crippen LogP contribution in [0.2, 0.25) is 0 Å². The predicted molar refractivity (Wildman–Crippen MR) is 115 cm³/mol.